The summed E-state index contributed by atoms with van der Waals surface area (Å²) in [5, 5.41) is 10.6. The van der Waals surface area contributed by atoms with Crippen LogP contribution in [0.5, 0.6) is 5.75 Å². The van der Waals surface area contributed by atoms with Gasteiger partial charge in [0.05, 0.1) is 17.6 Å². The highest BCUT2D eigenvalue weighted by Crippen LogP contribution is 2.19. The molecule has 0 aliphatic heterocycles. The fraction of sp³-hybridized carbons (Fsp3) is 0.143. The number of nitrogens with one attached hydrogen (secondary N) is 1. The number of hydrogen-bond acceptors (Lipinski definition) is 5. The summed E-state index contributed by atoms with van der Waals surface area (Å²) in [4.78, 5) is 10.2. The summed E-state index contributed by atoms with van der Waals surface area (Å²) in [7, 11) is 0. The van der Waals surface area contributed by atoms with Crippen molar-refractivity contribution >= 4 is 23.3 Å². The maximum atomic E-state index is 10.6. The van der Waals surface area contributed by atoms with E-state index in [2.05, 4.69) is 4.72 Å². The van der Waals surface area contributed by atoms with E-state index in [0.717, 1.165) is 11.4 Å². The number of nitrogens with zero attached hydrogens (tertiary/aromatic N) is 1. The number of hydrogen-bond donors (Lipinski definition) is 1. The molecule has 5 nitrogen and oxygen atoms in total. The lowest BCUT2D eigenvalue weighted by atomic mass is 10.3. The Morgan fingerprint density at radius 2 is 1.95 bits per heavy atom. The molecule has 0 spiro atoms. The molecule has 6 heteroatoms. The molecule has 0 heterocycles. The standard InChI is InChI=1S/C14H14N2O3S/c17-16(18)13-7-4-8-14(11-13)19-9-10-20-15-12-5-2-1-3-6-12/h1-8,11,15H,9-10H2. The van der Waals surface area contributed by atoms with E-state index < -0.39 is 4.92 Å². The largest absolute Gasteiger partial charge is 0.492 e. The van der Waals surface area contributed by atoms with E-state index in [9.17, 15) is 10.1 Å². The first-order valence-corrected chi connectivity index (χ1v) is 7.04. The molecule has 2 aromatic rings. The smallest absolute Gasteiger partial charge is 0.273 e. The molecule has 2 rings (SSSR count). The van der Waals surface area contributed by atoms with Gasteiger partial charge in [0.1, 0.15) is 5.75 Å². The number of benzene rings is 2. The van der Waals surface area contributed by atoms with E-state index in [1.165, 1.54) is 24.1 Å². The van der Waals surface area contributed by atoms with Gasteiger partial charge in [-0.1, -0.05) is 24.3 Å². The lowest BCUT2D eigenvalue weighted by Crippen LogP contribution is -2.02. The zero-order chi connectivity index (χ0) is 14.2. The van der Waals surface area contributed by atoms with Crippen LogP contribution >= 0.6 is 11.9 Å². The molecular weight excluding hydrogens is 276 g/mol. The maximum absolute atomic E-state index is 10.6. The van der Waals surface area contributed by atoms with Crippen LogP contribution < -0.4 is 9.46 Å². The minimum atomic E-state index is -0.432. The van der Waals surface area contributed by atoms with Gasteiger partial charge in [-0.15, -0.1) is 0 Å². The molecule has 0 unspecified atom stereocenters. The van der Waals surface area contributed by atoms with Crippen molar-refractivity contribution < 1.29 is 9.66 Å². The molecule has 2 aromatic carbocycles. The van der Waals surface area contributed by atoms with Gasteiger partial charge in [0.15, 0.2) is 0 Å². The molecule has 0 aliphatic rings. The van der Waals surface area contributed by atoms with E-state index in [1.54, 1.807) is 12.1 Å². The van der Waals surface area contributed by atoms with Crippen LogP contribution in [0.4, 0.5) is 11.4 Å². The van der Waals surface area contributed by atoms with Crippen LogP contribution in [0.15, 0.2) is 54.6 Å². The van der Waals surface area contributed by atoms with Crippen LogP contribution in [0.3, 0.4) is 0 Å². The van der Waals surface area contributed by atoms with E-state index in [0.29, 0.717) is 12.4 Å². The highest BCUT2D eigenvalue weighted by molar-refractivity contribution is 8.00. The molecule has 20 heavy (non-hydrogen) atoms. The van der Waals surface area contributed by atoms with Gasteiger partial charge in [-0.3, -0.25) is 10.1 Å². The normalized spacial score (nSPS) is 10.0. The number of non-ortho nitro benzene ring substituents is 1. The minimum absolute atomic E-state index is 0.0394. The summed E-state index contributed by atoms with van der Waals surface area (Å²) in [6, 6.07) is 16.0. The van der Waals surface area contributed by atoms with Crippen LogP contribution in [0.1, 0.15) is 0 Å². The number of para-hydroxylation sites is 1. The van der Waals surface area contributed by atoms with E-state index in [4.69, 9.17) is 4.74 Å². The molecule has 104 valence electrons. The van der Waals surface area contributed by atoms with Crippen LogP contribution in [0, 0.1) is 10.1 Å². The average Bonchev–Trinajstić information content (AvgIpc) is 2.48. The van der Waals surface area contributed by atoms with Crippen LogP contribution in [0.2, 0.25) is 0 Å². The predicted molar refractivity (Wildman–Crippen MR) is 81.1 cm³/mol. The van der Waals surface area contributed by atoms with Gasteiger partial charge in [-0.25, -0.2) is 0 Å². The Labute approximate surface area is 121 Å². The van der Waals surface area contributed by atoms with Crippen LogP contribution in [-0.2, 0) is 0 Å². The lowest BCUT2D eigenvalue weighted by molar-refractivity contribution is -0.384. The van der Waals surface area contributed by atoms with Gasteiger partial charge in [-0.05, 0) is 30.1 Å². The first-order chi connectivity index (χ1) is 9.75. The fourth-order valence-electron chi connectivity index (χ4n) is 1.53. The second kappa shape index (κ2) is 7.40. The molecule has 1 N–H and O–H groups in total. The topological polar surface area (TPSA) is 64.4 Å². The van der Waals surface area contributed by atoms with E-state index >= 15 is 0 Å². The Hall–Kier alpha value is -2.21. The molecule has 0 saturated heterocycles. The number of ether oxygens (including phenoxy) is 1. The molecule has 0 atom stereocenters. The number of anilines is 1. The summed E-state index contributed by atoms with van der Waals surface area (Å²) >= 11 is 1.53. The highest BCUT2D eigenvalue weighted by Gasteiger charge is 2.05. The predicted octanol–water partition coefficient (Wildman–Crippen LogP) is 3.73. The van der Waals surface area contributed by atoms with Crippen molar-refractivity contribution in [2.24, 2.45) is 0 Å². The van der Waals surface area contributed by atoms with Crippen molar-refractivity contribution in [2.45, 2.75) is 0 Å². The van der Waals surface area contributed by atoms with Gasteiger partial charge in [-0.2, -0.15) is 0 Å². The van der Waals surface area contributed by atoms with Crippen molar-refractivity contribution in [3.63, 3.8) is 0 Å². The van der Waals surface area contributed by atoms with E-state index in [-0.39, 0.29) is 5.69 Å². The summed E-state index contributed by atoms with van der Waals surface area (Å²) in [5.74, 6) is 1.25. The Bertz CT molecular complexity index is 563. The minimum Gasteiger partial charge on any atom is -0.492 e. The molecular formula is C14H14N2O3S. The summed E-state index contributed by atoms with van der Waals surface area (Å²) in [5.41, 5.74) is 1.07. The van der Waals surface area contributed by atoms with Crippen molar-refractivity contribution in [1.29, 1.82) is 0 Å². The van der Waals surface area contributed by atoms with Crippen molar-refractivity contribution in [3.8, 4) is 5.75 Å². The quantitative estimate of drug-likeness (QED) is 0.364. The Morgan fingerprint density at radius 1 is 1.15 bits per heavy atom. The van der Waals surface area contributed by atoms with Crippen LogP contribution in [0.25, 0.3) is 0 Å². The lowest BCUT2D eigenvalue weighted by Gasteiger charge is -2.07. The third kappa shape index (κ3) is 4.47. The second-order valence-electron chi connectivity index (χ2n) is 3.92. The maximum Gasteiger partial charge on any atom is 0.273 e. The fourth-order valence-corrected chi connectivity index (χ4v) is 2.10. The zero-order valence-electron chi connectivity index (χ0n) is 10.7. The first kappa shape index (κ1) is 14.2. The number of rotatable bonds is 7. The zero-order valence-corrected chi connectivity index (χ0v) is 11.5. The molecule has 0 aromatic heterocycles. The SMILES string of the molecule is O=[N+]([O-])c1cccc(OCCSNc2ccccc2)c1. The van der Waals surface area contributed by atoms with Crippen LogP contribution in [-0.4, -0.2) is 17.3 Å². The molecule has 0 fully saturated rings. The third-order valence-electron chi connectivity index (χ3n) is 2.45. The monoisotopic (exact) mass is 290 g/mol. The summed E-state index contributed by atoms with van der Waals surface area (Å²) in [6.45, 7) is 0.478. The van der Waals surface area contributed by atoms with Crippen molar-refractivity contribution in [2.75, 3.05) is 17.1 Å². The summed E-state index contributed by atoms with van der Waals surface area (Å²) < 4.78 is 8.66. The summed E-state index contributed by atoms with van der Waals surface area (Å²) in [6.07, 6.45) is 0. The van der Waals surface area contributed by atoms with Gasteiger partial charge in [0, 0.05) is 17.5 Å². The second-order valence-corrected chi connectivity index (χ2v) is 4.82. The third-order valence-corrected chi connectivity index (χ3v) is 3.20. The Morgan fingerprint density at radius 3 is 2.70 bits per heavy atom. The molecule has 0 aliphatic carbocycles. The highest BCUT2D eigenvalue weighted by atomic mass is 32.2. The van der Waals surface area contributed by atoms with Crippen molar-refractivity contribution in [3.05, 3.63) is 64.7 Å². The number of nitro groups is 1. The van der Waals surface area contributed by atoms with Gasteiger partial charge in [0.25, 0.3) is 5.69 Å². The Kier molecular flexibility index (Phi) is 5.25. The molecule has 0 saturated carbocycles. The molecule has 0 amide bonds. The number of nitro benzene ring substituents is 1. The Balaban J connectivity index is 1.71. The molecule has 0 radical (unpaired) electrons. The van der Waals surface area contributed by atoms with E-state index in [1.807, 2.05) is 30.3 Å². The molecule has 0 bridgehead atoms. The van der Waals surface area contributed by atoms with Gasteiger partial charge >= 0.3 is 0 Å². The van der Waals surface area contributed by atoms with Gasteiger partial charge in [0.2, 0.25) is 0 Å². The average molecular weight is 290 g/mol. The van der Waals surface area contributed by atoms with Gasteiger partial charge < -0.3 is 9.46 Å². The van der Waals surface area contributed by atoms with Crippen molar-refractivity contribution in [1.82, 2.24) is 0 Å². The first-order valence-electron chi connectivity index (χ1n) is 6.06.